The highest BCUT2D eigenvalue weighted by atomic mass is 19.1. The number of hydrogen-bond acceptors (Lipinski definition) is 4. The highest BCUT2D eigenvalue weighted by molar-refractivity contribution is 5.62. The van der Waals surface area contributed by atoms with E-state index in [9.17, 15) is 4.39 Å². The van der Waals surface area contributed by atoms with Gasteiger partial charge in [-0.05, 0) is 53.5 Å². The molecule has 0 saturated carbocycles. The number of benzene rings is 1. The lowest BCUT2D eigenvalue weighted by atomic mass is 9.77. The maximum Gasteiger partial charge on any atom is 0.136 e. The normalized spacial score (nSPS) is 21.8. The molecule has 1 N–H and O–H groups in total. The molecular formula is C21H18FNO3. The van der Waals surface area contributed by atoms with Gasteiger partial charge in [0.25, 0.3) is 0 Å². The van der Waals surface area contributed by atoms with E-state index in [4.69, 9.17) is 13.9 Å². The second kappa shape index (κ2) is 6.18. The number of rotatable bonds is 2. The number of nitrogens with one attached hydrogen (secondary N) is 1. The van der Waals surface area contributed by atoms with Crippen LogP contribution in [0.1, 0.15) is 17.9 Å². The van der Waals surface area contributed by atoms with Gasteiger partial charge in [-0.3, -0.25) is 0 Å². The van der Waals surface area contributed by atoms with Crippen molar-refractivity contribution in [3.63, 3.8) is 0 Å². The van der Waals surface area contributed by atoms with E-state index in [1.807, 2.05) is 12.1 Å². The van der Waals surface area contributed by atoms with Crippen molar-refractivity contribution in [3.8, 4) is 11.3 Å². The van der Waals surface area contributed by atoms with Gasteiger partial charge in [0.1, 0.15) is 24.4 Å². The Hall–Kier alpha value is -2.79. The van der Waals surface area contributed by atoms with E-state index in [2.05, 4.69) is 11.4 Å². The van der Waals surface area contributed by atoms with Crippen LogP contribution in [-0.2, 0) is 9.47 Å². The average molecular weight is 351 g/mol. The zero-order valence-electron chi connectivity index (χ0n) is 14.1. The first-order valence-electron chi connectivity index (χ1n) is 8.73. The predicted molar refractivity (Wildman–Crippen MR) is 94.6 cm³/mol. The first-order valence-corrected chi connectivity index (χ1v) is 8.73. The Balaban J connectivity index is 1.66. The van der Waals surface area contributed by atoms with Gasteiger partial charge in [-0.2, -0.15) is 0 Å². The summed E-state index contributed by atoms with van der Waals surface area (Å²) in [4.78, 5) is 0. The summed E-state index contributed by atoms with van der Waals surface area (Å²) in [6.07, 6.45) is 6.28. The molecule has 0 amide bonds. The number of allylic oxidation sites excluding steroid dienone is 1. The molecule has 0 bridgehead atoms. The topological polar surface area (TPSA) is 43.6 Å². The van der Waals surface area contributed by atoms with Crippen LogP contribution in [-0.4, -0.2) is 19.8 Å². The first kappa shape index (κ1) is 15.5. The largest absolute Gasteiger partial charge is 0.495 e. The van der Waals surface area contributed by atoms with E-state index in [-0.39, 0.29) is 11.7 Å². The van der Waals surface area contributed by atoms with Crippen LogP contribution in [0, 0.1) is 5.82 Å². The molecule has 1 aromatic carbocycles. The smallest absolute Gasteiger partial charge is 0.136 e. The Labute approximate surface area is 150 Å². The minimum Gasteiger partial charge on any atom is -0.495 e. The molecular weight excluding hydrogens is 333 g/mol. The number of fused-ring (bicyclic) bond motifs is 1. The Morgan fingerprint density at radius 3 is 3.04 bits per heavy atom. The summed E-state index contributed by atoms with van der Waals surface area (Å²) in [7, 11) is 0. The number of hydrogen-bond donors (Lipinski definition) is 1. The molecule has 0 spiro atoms. The number of halogens is 1. The van der Waals surface area contributed by atoms with Crippen molar-refractivity contribution in [1.82, 2.24) is 5.32 Å². The molecule has 2 aromatic rings. The average Bonchev–Trinajstić information content (AvgIpc) is 3.21. The third-order valence-electron chi connectivity index (χ3n) is 5.12. The van der Waals surface area contributed by atoms with Crippen LogP contribution in [0.4, 0.5) is 4.39 Å². The van der Waals surface area contributed by atoms with Crippen molar-refractivity contribution in [2.45, 2.75) is 12.3 Å². The summed E-state index contributed by atoms with van der Waals surface area (Å²) in [6.45, 7) is 1.80. The SMILES string of the molecule is Fc1ccc(C2C3=CCOC=C3NC3=C2CCOC3)cc1-c1ccco1. The summed E-state index contributed by atoms with van der Waals surface area (Å²) in [5.41, 5.74) is 6.05. The third kappa shape index (κ3) is 2.47. The zero-order valence-corrected chi connectivity index (χ0v) is 14.1. The molecule has 4 heterocycles. The Kier molecular flexibility index (Phi) is 3.68. The highest BCUT2D eigenvalue weighted by Crippen LogP contribution is 2.44. The van der Waals surface area contributed by atoms with Crippen LogP contribution < -0.4 is 5.32 Å². The lowest BCUT2D eigenvalue weighted by molar-refractivity contribution is 0.138. The summed E-state index contributed by atoms with van der Waals surface area (Å²) in [5.74, 6) is 0.325. The van der Waals surface area contributed by atoms with Gasteiger partial charge in [-0.15, -0.1) is 0 Å². The predicted octanol–water partition coefficient (Wildman–Crippen LogP) is 4.24. The minimum absolute atomic E-state index is 0.0691. The van der Waals surface area contributed by atoms with E-state index in [0.29, 0.717) is 31.1 Å². The Bertz CT molecular complexity index is 940. The van der Waals surface area contributed by atoms with Crippen molar-refractivity contribution < 1.29 is 18.3 Å². The summed E-state index contributed by atoms with van der Waals surface area (Å²) in [6, 6.07) is 8.84. The molecule has 3 aliphatic rings. The molecule has 0 fully saturated rings. The molecule has 0 saturated heterocycles. The number of furan rings is 1. The van der Waals surface area contributed by atoms with E-state index >= 15 is 0 Å². The van der Waals surface area contributed by atoms with Crippen LogP contribution in [0.2, 0.25) is 0 Å². The number of ether oxygens (including phenoxy) is 2. The lowest BCUT2D eigenvalue weighted by Crippen LogP contribution is -2.34. The van der Waals surface area contributed by atoms with Gasteiger partial charge in [0.15, 0.2) is 0 Å². The lowest BCUT2D eigenvalue weighted by Gasteiger charge is -2.37. The van der Waals surface area contributed by atoms with Gasteiger partial charge in [0.2, 0.25) is 0 Å². The highest BCUT2D eigenvalue weighted by Gasteiger charge is 2.34. The molecule has 0 radical (unpaired) electrons. The summed E-state index contributed by atoms with van der Waals surface area (Å²) in [5, 5.41) is 3.44. The van der Waals surface area contributed by atoms with Crippen LogP contribution in [0.3, 0.4) is 0 Å². The fourth-order valence-electron chi connectivity index (χ4n) is 3.93. The molecule has 5 rings (SSSR count). The molecule has 1 atom stereocenters. The summed E-state index contributed by atoms with van der Waals surface area (Å²) < 4.78 is 30.9. The van der Waals surface area contributed by atoms with Crippen molar-refractivity contribution in [1.29, 1.82) is 0 Å². The maximum atomic E-state index is 14.4. The molecule has 0 aliphatic carbocycles. The van der Waals surface area contributed by atoms with Crippen molar-refractivity contribution in [3.05, 3.63) is 82.9 Å². The monoisotopic (exact) mass is 351 g/mol. The van der Waals surface area contributed by atoms with Crippen molar-refractivity contribution in [2.75, 3.05) is 19.8 Å². The van der Waals surface area contributed by atoms with Crippen LogP contribution in [0.5, 0.6) is 0 Å². The summed E-state index contributed by atoms with van der Waals surface area (Å²) >= 11 is 0. The van der Waals surface area contributed by atoms with Gasteiger partial charge in [0.05, 0.1) is 30.7 Å². The fraction of sp³-hybridized carbons (Fsp3) is 0.238. The van der Waals surface area contributed by atoms with Gasteiger partial charge in [-0.1, -0.05) is 6.07 Å². The molecule has 1 aromatic heterocycles. The molecule has 5 heteroatoms. The molecule has 3 aliphatic heterocycles. The first-order chi connectivity index (χ1) is 12.8. The fourth-order valence-corrected chi connectivity index (χ4v) is 3.93. The standard InChI is InChI=1S/C21H18FNO3/c22-17-4-3-13(10-16(17)20-2-1-7-26-20)21-14-5-8-24-11-18(14)23-19-12-25-9-6-15(19)21/h1-5,7,10-11,21,23H,6,8-9,12H2. The van der Waals surface area contributed by atoms with Gasteiger partial charge < -0.3 is 19.2 Å². The quantitative estimate of drug-likeness (QED) is 0.879. The van der Waals surface area contributed by atoms with Crippen LogP contribution >= 0.6 is 0 Å². The second-order valence-corrected chi connectivity index (χ2v) is 6.61. The van der Waals surface area contributed by atoms with Gasteiger partial charge in [0, 0.05) is 11.6 Å². The second-order valence-electron chi connectivity index (χ2n) is 6.61. The van der Waals surface area contributed by atoms with Crippen LogP contribution in [0.15, 0.2) is 75.9 Å². The molecule has 1 unspecified atom stereocenters. The van der Waals surface area contributed by atoms with Gasteiger partial charge >= 0.3 is 0 Å². The molecule has 4 nitrogen and oxygen atoms in total. The molecule has 26 heavy (non-hydrogen) atoms. The van der Waals surface area contributed by atoms with Gasteiger partial charge in [-0.25, -0.2) is 4.39 Å². The minimum atomic E-state index is -0.282. The zero-order chi connectivity index (χ0) is 17.5. The Morgan fingerprint density at radius 2 is 2.15 bits per heavy atom. The van der Waals surface area contributed by atoms with E-state index in [1.165, 1.54) is 17.2 Å². The van der Waals surface area contributed by atoms with E-state index in [1.54, 1.807) is 24.7 Å². The van der Waals surface area contributed by atoms with E-state index < -0.39 is 0 Å². The molecule has 132 valence electrons. The van der Waals surface area contributed by atoms with Crippen molar-refractivity contribution in [2.24, 2.45) is 0 Å². The maximum absolute atomic E-state index is 14.4. The van der Waals surface area contributed by atoms with E-state index in [0.717, 1.165) is 23.4 Å². The van der Waals surface area contributed by atoms with Crippen molar-refractivity contribution >= 4 is 0 Å². The third-order valence-corrected chi connectivity index (χ3v) is 5.12. The van der Waals surface area contributed by atoms with Crippen LogP contribution in [0.25, 0.3) is 11.3 Å². The Morgan fingerprint density at radius 1 is 1.19 bits per heavy atom.